The van der Waals surface area contributed by atoms with Crippen LogP contribution in [0.2, 0.25) is 0 Å². The molecule has 0 aromatic heterocycles. The summed E-state index contributed by atoms with van der Waals surface area (Å²) in [5.41, 5.74) is 0.785. The van der Waals surface area contributed by atoms with E-state index in [-0.39, 0.29) is 48.3 Å². The van der Waals surface area contributed by atoms with Gasteiger partial charge >= 0.3 is 5.97 Å². The molecular formula is C46H80N6O8. The van der Waals surface area contributed by atoms with E-state index in [1.165, 1.54) is 7.11 Å². The highest BCUT2D eigenvalue weighted by molar-refractivity contribution is 5.90. The summed E-state index contributed by atoms with van der Waals surface area (Å²) in [4.78, 5) is 76.3. The first-order valence-electron chi connectivity index (χ1n) is 22.1. The van der Waals surface area contributed by atoms with Gasteiger partial charge in [-0.2, -0.15) is 0 Å². The number of benzene rings is 1. The van der Waals surface area contributed by atoms with Crippen LogP contribution >= 0.6 is 0 Å². The Kier molecular flexibility index (Phi) is 22.2. The molecule has 1 aromatic carbocycles. The molecule has 0 saturated carbocycles. The van der Waals surface area contributed by atoms with Crippen LogP contribution in [0.1, 0.15) is 100.0 Å². The lowest BCUT2D eigenvalue weighted by atomic mass is 9.89. The fourth-order valence-corrected chi connectivity index (χ4v) is 8.61. The van der Waals surface area contributed by atoms with Crippen molar-refractivity contribution in [3.63, 3.8) is 0 Å². The number of hydrogen-bond acceptors (Lipinski definition) is 9. The van der Waals surface area contributed by atoms with Gasteiger partial charge in [0.2, 0.25) is 23.6 Å². The van der Waals surface area contributed by atoms with Crippen molar-refractivity contribution in [3.05, 3.63) is 35.9 Å². The zero-order valence-electron chi connectivity index (χ0n) is 39.3. The van der Waals surface area contributed by atoms with Gasteiger partial charge < -0.3 is 39.9 Å². The summed E-state index contributed by atoms with van der Waals surface area (Å²) >= 11 is 0. The third-order valence-corrected chi connectivity index (χ3v) is 12.7. The maximum absolute atomic E-state index is 14.5. The quantitative estimate of drug-likeness (QED) is 0.121. The second kappa shape index (κ2) is 25.4. The Labute approximate surface area is 361 Å². The molecule has 0 spiro atoms. The number of aliphatic carboxylic acids is 1. The highest BCUT2D eigenvalue weighted by Crippen LogP contribution is 2.30. The molecule has 1 aliphatic heterocycles. The van der Waals surface area contributed by atoms with Crippen molar-refractivity contribution in [2.45, 2.75) is 149 Å². The number of carboxylic acids is 1. The molecule has 0 radical (unpaired) electrons. The minimum absolute atomic E-state index is 0.0142. The lowest BCUT2D eigenvalue weighted by Crippen LogP contribution is -2.60. The Hall–Kier alpha value is -3.59. The lowest BCUT2D eigenvalue weighted by Gasteiger charge is -2.41. The molecule has 1 fully saturated rings. The number of nitrogens with one attached hydrogen (secondary N) is 2. The Morgan fingerprint density at radius 2 is 1.47 bits per heavy atom. The third-order valence-electron chi connectivity index (χ3n) is 12.7. The van der Waals surface area contributed by atoms with Crippen LogP contribution in [0.25, 0.3) is 0 Å². The highest BCUT2D eigenvalue weighted by atomic mass is 16.5. The van der Waals surface area contributed by atoms with Gasteiger partial charge in [-0.15, -0.1) is 0 Å². The number of carboxylic acid groups (broad SMARTS) is 1. The van der Waals surface area contributed by atoms with Crippen molar-refractivity contribution in [2.24, 2.45) is 23.7 Å². The first-order valence-corrected chi connectivity index (χ1v) is 22.1. The number of methoxy groups -OCH3 is 2. The van der Waals surface area contributed by atoms with Crippen LogP contribution in [0.3, 0.4) is 0 Å². The Balaban J connectivity index is 2.26. The first kappa shape index (κ1) is 52.5. The van der Waals surface area contributed by atoms with Gasteiger partial charge in [-0.05, 0) is 83.6 Å². The van der Waals surface area contributed by atoms with Gasteiger partial charge in [0.25, 0.3) is 0 Å². The van der Waals surface area contributed by atoms with Gasteiger partial charge in [-0.25, -0.2) is 4.79 Å². The fourth-order valence-electron chi connectivity index (χ4n) is 8.61. The average molecular weight is 845 g/mol. The van der Waals surface area contributed by atoms with E-state index in [4.69, 9.17) is 9.47 Å². The van der Waals surface area contributed by atoms with Crippen molar-refractivity contribution in [3.8, 4) is 0 Å². The molecule has 0 unspecified atom stereocenters. The van der Waals surface area contributed by atoms with Crippen LogP contribution in [0.4, 0.5) is 0 Å². The molecule has 1 aliphatic rings. The molecule has 60 heavy (non-hydrogen) atoms. The summed E-state index contributed by atoms with van der Waals surface area (Å²) in [5.74, 6) is -3.22. The van der Waals surface area contributed by atoms with E-state index in [0.29, 0.717) is 31.8 Å². The molecule has 4 amide bonds. The van der Waals surface area contributed by atoms with E-state index in [1.54, 1.807) is 30.9 Å². The summed E-state index contributed by atoms with van der Waals surface area (Å²) in [6.07, 6.45) is 1.70. The third kappa shape index (κ3) is 14.8. The molecular weight excluding hydrogens is 765 g/mol. The number of carbonyl (C=O) groups is 5. The van der Waals surface area contributed by atoms with E-state index in [9.17, 15) is 29.1 Å². The average Bonchev–Trinajstić information content (AvgIpc) is 3.68. The van der Waals surface area contributed by atoms with Crippen LogP contribution in [0, 0.1) is 23.7 Å². The smallest absolute Gasteiger partial charge is 0.326 e. The Morgan fingerprint density at radius 3 is 1.98 bits per heavy atom. The van der Waals surface area contributed by atoms with Crippen LogP contribution in [-0.4, -0.2) is 158 Å². The van der Waals surface area contributed by atoms with Gasteiger partial charge in [0, 0.05) is 40.3 Å². The summed E-state index contributed by atoms with van der Waals surface area (Å²) in [7, 11) is 8.85. The molecule has 14 nitrogen and oxygen atoms in total. The number of rotatable bonds is 26. The summed E-state index contributed by atoms with van der Waals surface area (Å²) < 4.78 is 12.0. The predicted molar refractivity (Wildman–Crippen MR) is 236 cm³/mol. The van der Waals surface area contributed by atoms with Gasteiger partial charge in [0.1, 0.15) is 12.1 Å². The molecule has 1 saturated heterocycles. The van der Waals surface area contributed by atoms with E-state index in [2.05, 4.69) is 41.3 Å². The minimum Gasteiger partial charge on any atom is -0.480 e. The van der Waals surface area contributed by atoms with Gasteiger partial charge in [0.15, 0.2) is 0 Å². The van der Waals surface area contributed by atoms with Crippen LogP contribution in [0.15, 0.2) is 30.3 Å². The number of ether oxygens (including phenoxy) is 2. The van der Waals surface area contributed by atoms with Crippen LogP contribution in [-0.2, 0) is 39.9 Å². The normalized spacial score (nSPS) is 18.6. The van der Waals surface area contributed by atoms with E-state index < -0.39 is 60.2 Å². The fraction of sp³-hybridized carbons (Fsp3) is 0.761. The summed E-state index contributed by atoms with van der Waals surface area (Å²) in [6, 6.07) is 6.29. The van der Waals surface area contributed by atoms with Crippen molar-refractivity contribution in [1.82, 2.24) is 30.2 Å². The van der Waals surface area contributed by atoms with Crippen molar-refractivity contribution >= 4 is 29.6 Å². The molecule has 342 valence electrons. The number of likely N-dealkylation sites (tertiary alicyclic amines) is 1. The molecule has 1 aromatic rings. The zero-order valence-corrected chi connectivity index (χ0v) is 39.3. The van der Waals surface area contributed by atoms with Gasteiger partial charge in [-0.1, -0.05) is 85.2 Å². The first-order chi connectivity index (χ1) is 28.2. The van der Waals surface area contributed by atoms with E-state index in [1.807, 2.05) is 78.9 Å². The maximum atomic E-state index is 14.5. The Bertz CT molecular complexity index is 1490. The number of nitrogens with zero attached hydrogens (tertiary/aromatic N) is 4. The second-order valence-electron chi connectivity index (χ2n) is 18.0. The number of likely N-dealkylation sites (N-methyl/N-ethyl adjacent to an activating group) is 2. The summed E-state index contributed by atoms with van der Waals surface area (Å²) in [5, 5.41) is 15.7. The molecule has 1 heterocycles. The monoisotopic (exact) mass is 845 g/mol. The largest absolute Gasteiger partial charge is 0.480 e. The van der Waals surface area contributed by atoms with E-state index in [0.717, 1.165) is 25.1 Å². The summed E-state index contributed by atoms with van der Waals surface area (Å²) in [6.45, 7) is 20.1. The van der Waals surface area contributed by atoms with Gasteiger partial charge in [-0.3, -0.25) is 24.1 Å². The molecule has 2 rings (SSSR count). The standard InChI is InChI=1S/C46H80N6O8/c1-15-32(8)41(51(12)45(56)39(29(2)3)48-44(55)40(30(4)5)50(11)25-20-24-49(10)31(6)7)37(59-13)28-38(53)52-26-19-23-36(52)42(60-14)33(9)43(54)47-35(46(57)58)27-34-21-17-16-18-22-34/h16-18,21-22,29-33,35-37,39-42H,15,19-20,23-28H2,1-14H3,(H,47,54)(H,48,55)(H,57,58)/t32-,33+,35-,36-,37+,39-,40-,41-,42+/m0/s1. The topological polar surface area (TPSA) is 161 Å². The van der Waals surface area contributed by atoms with Crippen molar-refractivity contribution in [1.29, 1.82) is 0 Å². The molecule has 0 bridgehead atoms. The minimum atomic E-state index is -1.14. The number of amides is 4. The second-order valence-corrected chi connectivity index (χ2v) is 18.0. The van der Waals surface area contributed by atoms with Crippen molar-refractivity contribution in [2.75, 3.05) is 55.0 Å². The Morgan fingerprint density at radius 1 is 0.850 bits per heavy atom. The van der Waals surface area contributed by atoms with Crippen LogP contribution < -0.4 is 10.6 Å². The highest BCUT2D eigenvalue weighted by Gasteiger charge is 2.43. The number of hydrogen-bond donors (Lipinski definition) is 3. The van der Waals surface area contributed by atoms with Gasteiger partial charge in [0.05, 0.1) is 42.7 Å². The lowest BCUT2D eigenvalue weighted by molar-refractivity contribution is -0.148. The molecule has 14 heteroatoms. The molecule has 9 atom stereocenters. The maximum Gasteiger partial charge on any atom is 0.326 e. The number of carbonyl (C=O) groups excluding carboxylic acids is 4. The van der Waals surface area contributed by atoms with E-state index >= 15 is 0 Å². The molecule has 3 N–H and O–H groups in total. The predicted octanol–water partition coefficient (Wildman–Crippen LogP) is 4.55. The van der Waals surface area contributed by atoms with Crippen LogP contribution in [0.5, 0.6) is 0 Å². The molecule has 0 aliphatic carbocycles. The van der Waals surface area contributed by atoms with Crippen molar-refractivity contribution < 1.29 is 38.6 Å². The zero-order chi connectivity index (χ0) is 45.4. The SMILES string of the molecule is CC[C@H](C)[C@@H]([C@@H](CC(=O)N1CCC[C@H]1[C@H](OC)[C@@H](C)C(=O)N[C@@H](Cc1ccccc1)C(=O)O)OC)N(C)C(=O)[C@@H](NC(=O)[C@H](C(C)C)N(C)CCCN(C)C(C)C)C(C)C.